The van der Waals surface area contributed by atoms with Crippen LogP contribution in [0, 0.1) is 13.8 Å². The van der Waals surface area contributed by atoms with Gasteiger partial charge in [-0.25, -0.2) is 0 Å². The van der Waals surface area contributed by atoms with Gasteiger partial charge >= 0.3 is 0 Å². The van der Waals surface area contributed by atoms with E-state index in [1.165, 1.54) is 4.90 Å². The molecule has 1 rings (SSSR count). The lowest BCUT2D eigenvalue weighted by Gasteiger charge is -2.17. The molecule has 0 spiro atoms. The number of aryl methyl sites for hydroxylation is 2. The molecule has 0 bridgehead atoms. The Balaban J connectivity index is 2.45. The maximum Gasteiger partial charge on any atom is 0.260 e. The van der Waals surface area contributed by atoms with Gasteiger partial charge in [0.05, 0.1) is 6.54 Å². The van der Waals surface area contributed by atoms with Gasteiger partial charge in [-0.2, -0.15) is 0 Å². The van der Waals surface area contributed by atoms with Gasteiger partial charge < -0.3 is 15.0 Å². The second-order valence-electron chi connectivity index (χ2n) is 5.16. The number of hydrogen-bond donors (Lipinski definition) is 1. The Morgan fingerprint density at radius 3 is 2.67 bits per heavy atom. The van der Waals surface area contributed by atoms with Gasteiger partial charge in [0.15, 0.2) is 6.61 Å². The van der Waals surface area contributed by atoms with Crippen LogP contribution in [0.4, 0.5) is 0 Å². The number of carbonyl (C=O) groups is 2. The van der Waals surface area contributed by atoms with E-state index in [0.29, 0.717) is 12.3 Å². The molecule has 5 heteroatoms. The molecule has 2 amide bonds. The van der Waals surface area contributed by atoms with E-state index in [-0.39, 0.29) is 25.0 Å². The zero-order valence-corrected chi connectivity index (χ0v) is 13.2. The van der Waals surface area contributed by atoms with Gasteiger partial charge in [0.1, 0.15) is 5.75 Å². The third kappa shape index (κ3) is 5.85. The summed E-state index contributed by atoms with van der Waals surface area (Å²) < 4.78 is 5.54. The molecule has 21 heavy (non-hydrogen) atoms. The Morgan fingerprint density at radius 1 is 1.29 bits per heavy atom. The number of hydrogen-bond acceptors (Lipinski definition) is 3. The SMILES string of the molecule is CCCNC(=O)CN(C)C(=O)COc1cc(C)ccc1C. The van der Waals surface area contributed by atoms with Gasteiger partial charge in [-0.3, -0.25) is 9.59 Å². The van der Waals surface area contributed by atoms with Crippen LogP contribution in [-0.4, -0.2) is 43.5 Å². The molecule has 116 valence electrons. The van der Waals surface area contributed by atoms with E-state index in [2.05, 4.69) is 5.32 Å². The molecule has 1 N–H and O–H groups in total. The van der Waals surface area contributed by atoms with E-state index in [1.54, 1.807) is 7.05 Å². The predicted octanol–water partition coefficient (Wildman–Crippen LogP) is 1.67. The Morgan fingerprint density at radius 2 is 2.00 bits per heavy atom. The Hall–Kier alpha value is -2.04. The van der Waals surface area contributed by atoms with Crippen LogP contribution in [-0.2, 0) is 9.59 Å². The lowest BCUT2D eigenvalue weighted by Crippen LogP contribution is -2.40. The third-order valence-corrected chi connectivity index (χ3v) is 3.07. The van der Waals surface area contributed by atoms with Crippen LogP contribution in [0.2, 0.25) is 0 Å². The summed E-state index contributed by atoms with van der Waals surface area (Å²) in [6.07, 6.45) is 0.874. The number of rotatable bonds is 7. The van der Waals surface area contributed by atoms with Crippen molar-refractivity contribution in [2.24, 2.45) is 0 Å². The zero-order chi connectivity index (χ0) is 15.8. The molecule has 0 aliphatic rings. The fourth-order valence-electron chi connectivity index (χ4n) is 1.74. The first kappa shape index (κ1) is 17.0. The number of nitrogens with one attached hydrogen (secondary N) is 1. The van der Waals surface area contributed by atoms with Crippen LogP contribution in [0.3, 0.4) is 0 Å². The number of carbonyl (C=O) groups excluding carboxylic acids is 2. The van der Waals surface area contributed by atoms with Gasteiger partial charge in [0, 0.05) is 13.6 Å². The number of benzene rings is 1. The summed E-state index contributed by atoms with van der Waals surface area (Å²) in [4.78, 5) is 24.9. The molecule has 0 aliphatic heterocycles. The second-order valence-corrected chi connectivity index (χ2v) is 5.16. The fourth-order valence-corrected chi connectivity index (χ4v) is 1.74. The minimum absolute atomic E-state index is 0.0506. The zero-order valence-electron chi connectivity index (χ0n) is 13.2. The van der Waals surface area contributed by atoms with Crippen molar-refractivity contribution in [3.8, 4) is 5.75 Å². The summed E-state index contributed by atoms with van der Waals surface area (Å²) in [6.45, 7) is 6.49. The largest absolute Gasteiger partial charge is 0.483 e. The molecule has 0 heterocycles. The molecule has 0 unspecified atom stereocenters. The van der Waals surface area contributed by atoms with Gasteiger partial charge in [-0.05, 0) is 37.5 Å². The van der Waals surface area contributed by atoms with Crippen molar-refractivity contribution in [2.75, 3.05) is 26.7 Å². The molecule has 0 aromatic heterocycles. The van der Waals surface area contributed by atoms with Crippen LogP contribution in [0.5, 0.6) is 5.75 Å². The van der Waals surface area contributed by atoms with Crippen molar-refractivity contribution in [1.82, 2.24) is 10.2 Å². The minimum Gasteiger partial charge on any atom is -0.483 e. The first-order chi connectivity index (χ1) is 9.93. The van der Waals surface area contributed by atoms with E-state index < -0.39 is 0 Å². The van der Waals surface area contributed by atoms with Gasteiger partial charge in [0.25, 0.3) is 5.91 Å². The van der Waals surface area contributed by atoms with Gasteiger partial charge in [-0.15, -0.1) is 0 Å². The van der Waals surface area contributed by atoms with Gasteiger partial charge in [-0.1, -0.05) is 19.1 Å². The summed E-state index contributed by atoms with van der Waals surface area (Å²) >= 11 is 0. The monoisotopic (exact) mass is 292 g/mol. The summed E-state index contributed by atoms with van der Waals surface area (Å²) in [5, 5.41) is 2.73. The Kier molecular flexibility index (Phi) is 6.72. The highest BCUT2D eigenvalue weighted by molar-refractivity contribution is 5.85. The number of likely N-dealkylation sites (N-methyl/N-ethyl adjacent to an activating group) is 1. The molecule has 0 atom stereocenters. The van der Waals surface area contributed by atoms with Crippen molar-refractivity contribution >= 4 is 11.8 Å². The van der Waals surface area contributed by atoms with E-state index in [0.717, 1.165) is 17.5 Å². The van der Waals surface area contributed by atoms with Crippen molar-refractivity contribution in [1.29, 1.82) is 0 Å². The summed E-state index contributed by atoms with van der Waals surface area (Å²) in [6, 6.07) is 5.85. The van der Waals surface area contributed by atoms with E-state index >= 15 is 0 Å². The topological polar surface area (TPSA) is 58.6 Å². The lowest BCUT2D eigenvalue weighted by molar-refractivity contribution is -0.136. The number of nitrogens with zero attached hydrogens (tertiary/aromatic N) is 1. The summed E-state index contributed by atoms with van der Waals surface area (Å²) in [5.41, 5.74) is 2.06. The Bertz CT molecular complexity index is 500. The molecular weight excluding hydrogens is 268 g/mol. The highest BCUT2D eigenvalue weighted by Crippen LogP contribution is 2.18. The molecule has 1 aromatic rings. The highest BCUT2D eigenvalue weighted by atomic mass is 16.5. The smallest absolute Gasteiger partial charge is 0.260 e. The van der Waals surface area contributed by atoms with Gasteiger partial charge in [0.2, 0.25) is 5.91 Å². The molecule has 0 fully saturated rings. The molecule has 1 aromatic carbocycles. The molecule has 0 radical (unpaired) electrons. The average molecular weight is 292 g/mol. The molecule has 5 nitrogen and oxygen atoms in total. The molecule has 0 aliphatic carbocycles. The third-order valence-electron chi connectivity index (χ3n) is 3.07. The normalized spacial score (nSPS) is 10.1. The average Bonchev–Trinajstić information content (AvgIpc) is 2.45. The number of ether oxygens (including phenoxy) is 1. The Labute approximate surface area is 126 Å². The van der Waals surface area contributed by atoms with Crippen LogP contribution < -0.4 is 10.1 Å². The van der Waals surface area contributed by atoms with Crippen LogP contribution in [0.25, 0.3) is 0 Å². The maximum absolute atomic E-state index is 11.9. The van der Waals surface area contributed by atoms with Crippen molar-refractivity contribution < 1.29 is 14.3 Å². The van der Waals surface area contributed by atoms with E-state index in [9.17, 15) is 9.59 Å². The molecule has 0 saturated carbocycles. The molecule has 0 saturated heterocycles. The van der Waals surface area contributed by atoms with Crippen molar-refractivity contribution in [3.63, 3.8) is 0 Å². The first-order valence-corrected chi connectivity index (χ1v) is 7.14. The van der Waals surface area contributed by atoms with Crippen LogP contribution in [0.1, 0.15) is 24.5 Å². The molecular formula is C16H24N2O3. The fraction of sp³-hybridized carbons (Fsp3) is 0.500. The highest BCUT2D eigenvalue weighted by Gasteiger charge is 2.13. The maximum atomic E-state index is 11.9. The van der Waals surface area contributed by atoms with Crippen LogP contribution >= 0.6 is 0 Å². The van der Waals surface area contributed by atoms with E-state index in [4.69, 9.17) is 4.74 Å². The summed E-state index contributed by atoms with van der Waals surface area (Å²) in [7, 11) is 1.60. The quantitative estimate of drug-likeness (QED) is 0.831. The standard InChI is InChI=1S/C16H24N2O3/c1-5-8-17-15(19)10-18(4)16(20)11-21-14-9-12(2)6-7-13(14)3/h6-7,9H,5,8,10-11H2,1-4H3,(H,17,19). The lowest BCUT2D eigenvalue weighted by atomic mass is 10.1. The second kappa shape index (κ2) is 8.29. The number of amides is 2. The minimum atomic E-state index is -0.220. The summed E-state index contributed by atoms with van der Waals surface area (Å²) in [5.74, 6) is 0.328. The predicted molar refractivity (Wildman–Crippen MR) is 82.3 cm³/mol. The first-order valence-electron chi connectivity index (χ1n) is 7.14. The van der Waals surface area contributed by atoms with Crippen molar-refractivity contribution in [2.45, 2.75) is 27.2 Å². The van der Waals surface area contributed by atoms with E-state index in [1.807, 2.05) is 39.0 Å². The van der Waals surface area contributed by atoms with Crippen LogP contribution in [0.15, 0.2) is 18.2 Å². The van der Waals surface area contributed by atoms with Crippen molar-refractivity contribution in [3.05, 3.63) is 29.3 Å².